The lowest BCUT2D eigenvalue weighted by Gasteiger charge is -2.25. The first-order valence-electron chi connectivity index (χ1n) is 8.45. The fraction of sp³-hybridized carbons (Fsp3) is 0.250. The molecule has 0 fully saturated rings. The Balaban J connectivity index is 1.69. The minimum Gasteiger partial charge on any atom is -0.339 e. The zero-order valence-corrected chi connectivity index (χ0v) is 15.5. The maximum absolute atomic E-state index is 12.5. The number of hydrogen-bond acceptors (Lipinski definition) is 3. The molecule has 1 atom stereocenters. The number of nitrogens with one attached hydrogen (secondary N) is 1. The van der Waals surface area contributed by atoms with Crippen LogP contribution in [0.5, 0.6) is 0 Å². The lowest BCUT2D eigenvalue weighted by atomic mass is 10.1. The van der Waals surface area contributed by atoms with Gasteiger partial charge in [-0.3, -0.25) is 9.59 Å². The predicted octanol–water partition coefficient (Wildman–Crippen LogP) is 3.73. The third-order valence-corrected chi connectivity index (χ3v) is 4.78. The highest BCUT2D eigenvalue weighted by Gasteiger charge is 2.18. The van der Waals surface area contributed by atoms with Crippen LogP contribution < -0.4 is 5.56 Å². The van der Waals surface area contributed by atoms with Crippen molar-refractivity contribution in [3.8, 4) is 0 Å². The number of carbonyl (C=O) groups is 1. The highest BCUT2D eigenvalue weighted by atomic mass is 35.5. The van der Waals surface area contributed by atoms with Crippen molar-refractivity contribution in [1.29, 1.82) is 0 Å². The molecule has 3 aromatic rings. The number of rotatable bonds is 5. The van der Waals surface area contributed by atoms with Crippen molar-refractivity contribution in [2.75, 3.05) is 7.05 Å². The van der Waals surface area contributed by atoms with Gasteiger partial charge in [0.1, 0.15) is 5.82 Å². The van der Waals surface area contributed by atoms with E-state index in [1.807, 2.05) is 31.2 Å². The van der Waals surface area contributed by atoms with Crippen molar-refractivity contribution in [2.45, 2.75) is 25.8 Å². The maximum Gasteiger partial charge on any atom is 0.258 e. The summed E-state index contributed by atoms with van der Waals surface area (Å²) in [6.45, 7) is 1.96. The van der Waals surface area contributed by atoms with Crippen molar-refractivity contribution < 1.29 is 4.79 Å². The molecule has 3 rings (SSSR count). The van der Waals surface area contributed by atoms with Crippen molar-refractivity contribution in [3.63, 3.8) is 0 Å². The van der Waals surface area contributed by atoms with E-state index in [1.54, 1.807) is 36.2 Å². The predicted molar refractivity (Wildman–Crippen MR) is 103 cm³/mol. The van der Waals surface area contributed by atoms with Gasteiger partial charge in [0.2, 0.25) is 5.91 Å². The van der Waals surface area contributed by atoms with Gasteiger partial charge in [-0.25, -0.2) is 4.98 Å². The van der Waals surface area contributed by atoms with Crippen molar-refractivity contribution in [2.24, 2.45) is 0 Å². The molecule has 0 bridgehead atoms. The van der Waals surface area contributed by atoms with Gasteiger partial charge in [-0.2, -0.15) is 0 Å². The van der Waals surface area contributed by atoms with Crippen LogP contribution in [0.15, 0.2) is 53.3 Å². The second-order valence-electron chi connectivity index (χ2n) is 6.27. The number of halogens is 1. The summed E-state index contributed by atoms with van der Waals surface area (Å²) < 4.78 is 0. The summed E-state index contributed by atoms with van der Waals surface area (Å²) in [6.07, 6.45) is 0.647. The molecule has 6 heteroatoms. The molecule has 0 saturated heterocycles. The normalized spacial score (nSPS) is 12.1. The number of aryl methyl sites for hydroxylation is 1. The van der Waals surface area contributed by atoms with E-state index in [0.29, 0.717) is 28.2 Å². The SMILES string of the molecule is CC(c1cccc(Cl)c1)N(C)C(=O)CCc1nc2ccccc2c(=O)[nH]1. The van der Waals surface area contributed by atoms with Gasteiger partial charge < -0.3 is 9.88 Å². The number of carbonyl (C=O) groups excluding carboxylic acids is 1. The standard InChI is InChI=1S/C20H20ClN3O2/c1-13(14-6-5-7-15(21)12-14)24(2)19(25)11-10-18-22-17-9-4-3-8-16(17)20(26)23-18/h3-9,12-13H,10-11H2,1-2H3,(H,22,23,26). The van der Waals surface area contributed by atoms with Gasteiger partial charge in [-0.05, 0) is 36.8 Å². The van der Waals surface area contributed by atoms with Crippen molar-refractivity contribution >= 4 is 28.4 Å². The molecule has 0 saturated carbocycles. The smallest absolute Gasteiger partial charge is 0.258 e. The molecule has 0 aliphatic carbocycles. The second-order valence-corrected chi connectivity index (χ2v) is 6.70. The molecular formula is C20H20ClN3O2. The molecule has 2 aromatic carbocycles. The average molecular weight is 370 g/mol. The molecule has 0 aliphatic rings. The Morgan fingerprint density at radius 3 is 2.77 bits per heavy atom. The van der Waals surface area contributed by atoms with E-state index >= 15 is 0 Å². The molecule has 134 valence electrons. The number of benzene rings is 2. The summed E-state index contributed by atoms with van der Waals surface area (Å²) in [6, 6.07) is 14.6. The van der Waals surface area contributed by atoms with Crippen LogP contribution in [0, 0.1) is 0 Å². The monoisotopic (exact) mass is 369 g/mol. The largest absolute Gasteiger partial charge is 0.339 e. The lowest BCUT2D eigenvalue weighted by Crippen LogP contribution is -2.30. The van der Waals surface area contributed by atoms with E-state index in [-0.39, 0.29) is 23.9 Å². The van der Waals surface area contributed by atoms with Crippen LogP contribution in [-0.2, 0) is 11.2 Å². The molecule has 26 heavy (non-hydrogen) atoms. The number of nitrogens with zero attached hydrogens (tertiary/aromatic N) is 2. The number of fused-ring (bicyclic) bond motifs is 1. The number of aromatic amines is 1. The lowest BCUT2D eigenvalue weighted by molar-refractivity contribution is -0.131. The summed E-state index contributed by atoms with van der Waals surface area (Å²) in [7, 11) is 1.77. The van der Waals surface area contributed by atoms with Crippen LogP contribution in [0.2, 0.25) is 5.02 Å². The molecule has 1 N–H and O–H groups in total. The van der Waals surface area contributed by atoms with Gasteiger partial charge in [0.15, 0.2) is 0 Å². The summed E-state index contributed by atoms with van der Waals surface area (Å²) in [5, 5.41) is 1.20. The molecular weight excluding hydrogens is 350 g/mol. The van der Waals surface area contributed by atoms with Crippen molar-refractivity contribution in [3.05, 3.63) is 75.3 Å². The third-order valence-electron chi connectivity index (χ3n) is 4.54. The van der Waals surface area contributed by atoms with Crippen LogP contribution in [0.25, 0.3) is 10.9 Å². The van der Waals surface area contributed by atoms with Crippen LogP contribution in [0.1, 0.15) is 30.8 Å². The Kier molecular flexibility index (Phi) is 5.38. The van der Waals surface area contributed by atoms with Gasteiger partial charge in [0.25, 0.3) is 5.56 Å². The highest BCUT2D eigenvalue weighted by Crippen LogP contribution is 2.22. The molecule has 1 unspecified atom stereocenters. The molecule has 1 amide bonds. The maximum atomic E-state index is 12.5. The third kappa shape index (κ3) is 3.94. The molecule has 1 aromatic heterocycles. The van der Waals surface area contributed by atoms with Gasteiger partial charge in [-0.15, -0.1) is 0 Å². The van der Waals surface area contributed by atoms with Crippen LogP contribution >= 0.6 is 11.6 Å². The topological polar surface area (TPSA) is 66.1 Å². The minimum absolute atomic E-state index is 0.0201. The average Bonchev–Trinajstić information content (AvgIpc) is 2.65. The zero-order chi connectivity index (χ0) is 18.7. The van der Waals surface area contributed by atoms with Gasteiger partial charge in [-0.1, -0.05) is 35.9 Å². The summed E-state index contributed by atoms with van der Waals surface area (Å²) in [5.74, 6) is 0.499. The Bertz CT molecular complexity index is 1000. The Hall–Kier alpha value is -2.66. The minimum atomic E-state index is -0.182. The number of H-pyrrole nitrogens is 1. The summed E-state index contributed by atoms with van der Waals surface area (Å²) >= 11 is 6.03. The number of amides is 1. The number of para-hydroxylation sites is 1. The molecule has 5 nitrogen and oxygen atoms in total. The van der Waals surface area contributed by atoms with Crippen molar-refractivity contribution in [1.82, 2.24) is 14.9 Å². The van der Waals surface area contributed by atoms with E-state index in [9.17, 15) is 9.59 Å². The van der Waals surface area contributed by atoms with Gasteiger partial charge in [0, 0.05) is 24.9 Å². The van der Waals surface area contributed by atoms with E-state index in [1.165, 1.54) is 0 Å². The van der Waals surface area contributed by atoms with Crippen LogP contribution in [0.3, 0.4) is 0 Å². The fourth-order valence-corrected chi connectivity index (χ4v) is 3.06. The molecule has 0 radical (unpaired) electrons. The quantitative estimate of drug-likeness (QED) is 0.745. The van der Waals surface area contributed by atoms with Crippen LogP contribution in [-0.4, -0.2) is 27.8 Å². The second kappa shape index (κ2) is 7.70. The number of hydrogen-bond donors (Lipinski definition) is 1. The van der Waals surface area contributed by atoms with Gasteiger partial charge >= 0.3 is 0 Å². The van der Waals surface area contributed by atoms with E-state index in [2.05, 4.69) is 9.97 Å². The first-order valence-corrected chi connectivity index (χ1v) is 8.82. The van der Waals surface area contributed by atoms with E-state index in [0.717, 1.165) is 5.56 Å². The Morgan fingerprint density at radius 2 is 2.00 bits per heavy atom. The van der Waals surface area contributed by atoms with Gasteiger partial charge in [0.05, 0.1) is 16.9 Å². The Labute approximate surface area is 156 Å². The van der Waals surface area contributed by atoms with E-state index < -0.39 is 0 Å². The first kappa shape index (κ1) is 18.1. The zero-order valence-electron chi connectivity index (χ0n) is 14.7. The molecule has 0 spiro atoms. The Morgan fingerprint density at radius 1 is 1.23 bits per heavy atom. The first-order chi connectivity index (χ1) is 12.5. The number of aromatic nitrogens is 2. The highest BCUT2D eigenvalue weighted by molar-refractivity contribution is 6.30. The van der Waals surface area contributed by atoms with Crippen LogP contribution in [0.4, 0.5) is 0 Å². The summed E-state index contributed by atoms with van der Waals surface area (Å²) in [4.78, 5) is 33.5. The van der Waals surface area contributed by atoms with E-state index in [4.69, 9.17) is 11.6 Å². The molecule has 1 heterocycles. The fourth-order valence-electron chi connectivity index (χ4n) is 2.86. The summed E-state index contributed by atoms with van der Waals surface area (Å²) in [5.41, 5.74) is 1.43. The molecule has 0 aliphatic heterocycles.